The molecule has 12 heteroatoms. The van der Waals surface area contributed by atoms with Crippen LogP contribution in [0.15, 0.2) is 98.6 Å². The summed E-state index contributed by atoms with van der Waals surface area (Å²) in [4.78, 5) is 42.8. The fourth-order valence-corrected chi connectivity index (χ4v) is 19.3. The number of hydrogen-bond acceptors (Lipinski definition) is 10. The molecule has 8 aromatic rings. The van der Waals surface area contributed by atoms with Crippen LogP contribution in [0.2, 0.25) is 0 Å². The average Bonchev–Trinajstić information content (AvgIpc) is 3.30. The van der Waals surface area contributed by atoms with E-state index in [1.54, 1.807) is 25.3 Å². The minimum atomic E-state index is -2.71. The fraction of sp³-hybridized carbons (Fsp3) is 0.319. The molecule has 2 saturated carbocycles. The second-order valence-corrected chi connectivity index (χ2v) is 23.8. The topological polar surface area (TPSA) is 110 Å². The zero-order chi connectivity index (χ0) is 39.7. The van der Waals surface area contributed by atoms with E-state index in [2.05, 4.69) is 99.0 Å². The van der Waals surface area contributed by atoms with Gasteiger partial charge in [0.05, 0.1) is 0 Å². The van der Waals surface area contributed by atoms with Gasteiger partial charge in [-0.25, -0.2) is 0 Å². The van der Waals surface area contributed by atoms with Gasteiger partial charge in [0.2, 0.25) is 0 Å². The van der Waals surface area contributed by atoms with Crippen LogP contribution in [0.5, 0.6) is 0 Å². The molecule has 1 aliphatic heterocycles. The van der Waals surface area contributed by atoms with Gasteiger partial charge in [-0.3, -0.25) is 0 Å². The number of nitrogens with zero attached hydrogens (tertiary/aromatic N) is 10. The van der Waals surface area contributed by atoms with Gasteiger partial charge in [-0.1, -0.05) is 0 Å². The van der Waals surface area contributed by atoms with Gasteiger partial charge in [-0.2, -0.15) is 0 Å². The molecule has 4 aromatic heterocycles. The third-order valence-corrected chi connectivity index (χ3v) is 22.1. The van der Waals surface area contributed by atoms with Crippen LogP contribution in [0.1, 0.15) is 64.2 Å². The van der Waals surface area contributed by atoms with Gasteiger partial charge in [0.15, 0.2) is 0 Å². The third kappa shape index (κ3) is 6.13. The predicted molar refractivity (Wildman–Crippen MR) is 248 cm³/mol. The van der Waals surface area contributed by atoms with Gasteiger partial charge >= 0.3 is 347 Å². The van der Waals surface area contributed by atoms with Crippen LogP contribution in [-0.2, 0) is 0 Å². The average molecular weight is 815 g/mol. The summed E-state index contributed by atoms with van der Waals surface area (Å²) in [6.07, 6.45) is 27.0. The van der Waals surface area contributed by atoms with Gasteiger partial charge in [0.1, 0.15) is 0 Å². The SMILES string of the molecule is CN1c2cc3ncncc3cc2P(C2CCCCC2)c2cc3cncnc3cc2N(C)c2cc3ncncc3cc2[PH](C)(C2CCCCC2)c2cc3cncnc3cc21. The maximum atomic E-state index is 4.89. The van der Waals surface area contributed by atoms with Crippen LogP contribution in [0.25, 0.3) is 43.6 Å². The standard InChI is InChI=1S/C47H48N10P2/c1-56-40-18-36-30(22-48-26-52-36)14-44(40)58(34-10-6-4-7-11-34)45-15-31-23-49-27-53-37(31)19-41(45)57(2)43-21-39-33(25-51-29-55-39)17-47(43)59(3,35-12-8-5-9-13-35)46-16-32-24-50-28-54-38(32)20-42(46)56/h14-29,34-35,59H,4-13H2,1-3H3. The van der Waals surface area contributed by atoms with Crippen LogP contribution >= 0.6 is 15.2 Å². The first kappa shape index (κ1) is 36.8. The second-order valence-electron chi connectivity index (χ2n) is 17.1. The second kappa shape index (κ2) is 14.8. The molecule has 2 fully saturated rings. The van der Waals surface area contributed by atoms with E-state index in [4.69, 9.17) is 19.9 Å². The van der Waals surface area contributed by atoms with Crippen molar-refractivity contribution in [2.24, 2.45) is 0 Å². The molecule has 11 rings (SSSR count). The van der Waals surface area contributed by atoms with Crippen LogP contribution in [0.3, 0.4) is 0 Å². The molecular weight excluding hydrogens is 767 g/mol. The number of anilines is 4. The Hall–Kier alpha value is -5.30. The molecule has 0 N–H and O–H groups in total. The van der Waals surface area contributed by atoms with Gasteiger partial charge in [-0.05, 0) is 0 Å². The van der Waals surface area contributed by atoms with Crippen molar-refractivity contribution in [3.05, 3.63) is 98.6 Å². The molecule has 0 radical (unpaired) electrons. The first-order valence-electron chi connectivity index (χ1n) is 21.2. The van der Waals surface area contributed by atoms with E-state index in [-0.39, 0.29) is 0 Å². The van der Waals surface area contributed by atoms with Gasteiger partial charge < -0.3 is 0 Å². The van der Waals surface area contributed by atoms with Crippen molar-refractivity contribution in [1.29, 1.82) is 0 Å². The Morgan fingerprint density at radius 2 is 0.847 bits per heavy atom. The Morgan fingerprint density at radius 1 is 0.475 bits per heavy atom. The molecule has 3 aliphatic rings. The van der Waals surface area contributed by atoms with E-state index in [1.165, 1.54) is 108 Å². The van der Waals surface area contributed by atoms with Crippen molar-refractivity contribution in [3.8, 4) is 0 Å². The normalized spacial score (nSPS) is 19.4. The molecule has 10 nitrogen and oxygen atoms in total. The first-order valence-corrected chi connectivity index (χ1v) is 25.2. The van der Waals surface area contributed by atoms with Crippen molar-refractivity contribution in [3.63, 3.8) is 0 Å². The molecule has 0 spiro atoms. The molecule has 5 heterocycles. The zero-order valence-corrected chi connectivity index (χ0v) is 35.8. The quantitative estimate of drug-likeness (QED) is 0.157. The van der Waals surface area contributed by atoms with E-state index in [9.17, 15) is 0 Å². The van der Waals surface area contributed by atoms with Crippen molar-refractivity contribution in [2.75, 3.05) is 30.6 Å². The van der Waals surface area contributed by atoms with E-state index < -0.39 is 15.2 Å². The molecule has 2 aliphatic carbocycles. The summed E-state index contributed by atoms with van der Waals surface area (Å²) in [5.74, 6) is 0. The van der Waals surface area contributed by atoms with Crippen LogP contribution in [0.4, 0.5) is 22.7 Å². The summed E-state index contributed by atoms with van der Waals surface area (Å²) in [6.45, 7) is 2.65. The molecule has 0 bridgehead atoms. The number of benzene rings is 4. The Labute approximate surface area is 346 Å². The predicted octanol–water partition coefficient (Wildman–Crippen LogP) is 8.74. The first-order chi connectivity index (χ1) is 29.0. The Balaban J connectivity index is 1.33. The summed E-state index contributed by atoms with van der Waals surface area (Å²) in [5, 5.41) is 9.86. The van der Waals surface area contributed by atoms with Crippen molar-refractivity contribution in [1.82, 2.24) is 39.9 Å². The zero-order valence-electron chi connectivity index (χ0n) is 33.9. The monoisotopic (exact) mass is 814 g/mol. The minimum absolute atomic E-state index is 0.486. The van der Waals surface area contributed by atoms with Crippen molar-refractivity contribution < 1.29 is 0 Å². The summed E-state index contributed by atoms with van der Waals surface area (Å²) in [7, 11) is 0.948. The Kier molecular flexibility index (Phi) is 9.19. The van der Waals surface area contributed by atoms with Gasteiger partial charge in [0.25, 0.3) is 0 Å². The van der Waals surface area contributed by atoms with Crippen LogP contribution in [-0.4, -0.2) is 71.9 Å². The van der Waals surface area contributed by atoms with E-state index in [1.807, 2.05) is 24.8 Å². The van der Waals surface area contributed by atoms with Crippen molar-refractivity contribution in [2.45, 2.75) is 75.5 Å². The number of aromatic nitrogens is 8. The molecule has 0 unspecified atom stereocenters. The molecule has 296 valence electrons. The summed E-state index contributed by atoms with van der Waals surface area (Å²) in [5.41, 5.74) is 9.65. The maximum absolute atomic E-state index is 4.89. The van der Waals surface area contributed by atoms with E-state index in [0.717, 1.165) is 43.6 Å². The molecule has 0 amide bonds. The summed E-state index contributed by atoms with van der Waals surface area (Å²) >= 11 is 0. The number of fused-ring (bicyclic) bond motifs is 8. The number of hydrogen-bond donors (Lipinski definition) is 0. The summed E-state index contributed by atoms with van der Waals surface area (Å²) < 4.78 is 0. The Morgan fingerprint density at radius 3 is 1.27 bits per heavy atom. The van der Waals surface area contributed by atoms with Gasteiger partial charge in [0, 0.05) is 0 Å². The van der Waals surface area contributed by atoms with Crippen molar-refractivity contribution >= 4 is 103 Å². The van der Waals surface area contributed by atoms with E-state index in [0.29, 0.717) is 11.3 Å². The van der Waals surface area contributed by atoms with Crippen LogP contribution < -0.4 is 31.0 Å². The Bertz CT molecular complexity index is 2730. The molecule has 59 heavy (non-hydrogen) atoms. The number of rotatable bonds is 2. The fourth-order valence-electron chi connectivity index (χ4n) is 10.7. The van der Waals surface area contributed by atoms with E-state index >= 15 is 0 Å². The molecule has 4 aromatic carbocycles. The van der Waals surface area contributed by atoms with Crippen LogP contribution in [0, 0.1) is 0 Å². The molecule has 0 atom stereocenters. The van der Waals surface area contributed by atoms with Gasteiger partial charge in [-0.15, -0.1) is 0 Å². The molecular formula is C47H48N10P2. The molecule has 0 saturated heterocycles. The third-order valence-electron chi connectivity index (χ3n) is 13.9. The summed E-state index contributed by atoms with van der Waals surface area (Å²) in [6, 6.07) is 19.2.